The molecule has 0 saturated carbocycles. The van der Waals surface area contributed by atoms with Gasteiger partial charge < -0.3 is 9.72 Å². The Morgan fingerprint density at radius 1 is 1.14 bits per heavy atom. The number of aromatic amines is 1. The van der Waals surface area contributed by atoms with E-state index in [0.29, 0.717) is 5.25 Å². The smallest absolute Gasteiger partial charge is 0.118 e. The van der Waals surface area contributed by atoms with Crippen molar-refractivity contribution in [2.75, 3.05) is 7.11 Å². The lowest BCUT2D eigenvalue weighted by Crippen LogP contribution is -1.87. The molecule has 0 fully saturated rings. The molecule has 2 nitrogen and oxygen atoms in total. The molecule has 1 unspecified atom stereocenters. The monoisotopic (exact) mass is 361 g/mol. The lowest BCUT2D eigenvalue weighted by atomic mass is 10.1. The van der Waals surface area contributed by atoms with Gasteiger partial charge in [-0.25, -0.2) is 0 Å². The Morgan fingerprint density at radius 2 is 1.90 bits per heavy atom. The Balaban J connectivity index is 1.85. The van der Waals surface area contributed by atoms with Gasteiger partial charge in [0.1, 0.15) is 5.75 Å². The summed E-state index contributed by atoms with van der Waals surface area (Å²) < 4.78 is 6.31. The first-order valence-electron chi connectivity index (χ1n) is 6.74. The maximum atomic E-state index is 5.20. The van der Waals surface area contributed by atoms with Gasteiger partial charge in [-0.15, -0.1) is 11.8 Å². The van der Waals surface area contributed by atoms with Crippen molar-refractivity contribution in [2.24, 2.45) is 0 Å². The molecule has 21 heavy (non-hydrogen) atoms. The van der Waals surface area contributed by atoms with Crippen LogP contribution < -0.4 is 4.74 Å². The number of halogens is 1. The van der Waals surface area contributed by atoms with Gasteiger partial charge in [-0.05, 0) is 55.0 Å². The number of fused-ring (bicyclic) bond motifs is 1. The molecule has 0 amide bonds. The van der Waals surface area contributed by atoms with Crippen LogP contribution in [0.15, 0.2) is 58.0 Å². The summed E-state index contributed by atoms with van der Waals surface area (Å²) in [5.41, 5.74) is 2.50. The highest BCUT2D eigenvalue weighted by Crippen LogP contribution is 2.39. The van der Waals surface area contributed by atoms with Crippen LogP contribution in [0.3, 0.4) is 0 Å². The Morgan fingerprint density at radius 3 is 2.62 bits per heavy atom. The molecule has 2 aromatic carbocycles. The lowest BCUT2D eigenvalue weighted by Gasteiger charge is -2.11. The van der Waals surface area contributed by atoms with Gasteiger partial charge in [-0.1, -0.05) is 15.9 Å². The van der Waals surface area contributed by atoms with E-state index in [2.05, 4.69) is 64.4 Å². The quantitative estimate of drug-likeness (QED) is 0.594. The number of thioether (sulfide) groups is 1. The Kier molecular flexibility index (Phi) is 4.27. The molecule has 0 saturated heterocycles. The molecule has 1 heterocycles. The van der Waals surface area contributed by atoms with Gasteiger partial charge in [0.05, 0.1) is 7.11 Å². The fraction of sp³-hybridized carbons (Fsp3) is 0.176. The zero-order valence-corrected chi connectivity index (χ0v) is 14.3. The second kappa shape index (κ2) is 6.16. The van der Waals surface area contributed by atoms with Gasteiger partial charge in [-0.2, -0.15) is 0 Å². The van der Waals surface area contributed by atoms with E-state index in [9.17, 15) is 0 Å². The maximum Gasteiger partial charge on any atom is 0.118 e. The molecular weight excluding hydrogens is 346 g/mol. The van der Waals surface area contributed by atoms with Crippen molar-refractivity contribution in [1.82, 2.24) is 4.98 Å². The minimum absolute atomic E-state index is 0.376. The van der Waals surface area contributed by atoms with Crippen LogP contribution >= 0.6 is 27.7 Å². The number of H-pyrrole nitrogens is 1. The highest BCUT2D eigenvalue weighted by Gasteiger charge is 2.13. The molecule has 0 aliphatic heterocycles. The summed E-state index contributed by atoms with van der Waals surface area (Å²) in [6, 6.07) is 14.5. The summed E-state index contributed by atoms with van der Waals surface area (Å²) in [5, 5.41) is 1.65. The molecule has 108 valence electrons. The average Bonchev–Trinajstić information content (AvgIpc) is 2.91. The summed E-state index contributed by atoms with van der Waals surface area (Å²) >= 11 is 5.40. The maximum absolute atomic E-state index is 5.20. The fourth-order valence-electron chi connectivity index (χ4n) is 2.37. The minimum atomic E-state index is 0.376. The molecule has 1 atom stereocenters. The second-order valence-electron chi connectivity index (χ2n) is 4.87. The zero-order chi connectivity index (χ0) is 14.8. The van der Waals surface area contributed by atoms with Crippen molar-refractivity contribution < 1.29 is 4.74 Å². The average molecular weight is 362 g/mol. The molecule has 3 rings (SSSR count). The van der Waals surface area contributed by atoms with E-state index >= 15 is 0 Å². The molecule has 4 heteroatoms. The largest absolute Gasteiger partial charge is 0.497 e. The van der Waals surface area contributed by atoms with Gasteiger partial charge in [-0.3, -0.25) is 0 Å². The number of benzene rings is 2. The standard InChI is InChI=1S/C17H16BrNOS/c1-11(21-14-6-4-13(20-2)5-7-14)16-10-19-17-8-3-12(18)9-15(16)17/h3-11,19H,1-2H3. The first-order chi connectivity index (χ1) is 10.2. The molecule has 1 aromatic heterocycles. The van der Waals surface area contributed by atoms with Crippen LogP contribution in [0.5, 0.6) is 5.75 Å². The number of aromatic nitrogens is 1. The van der Waals surface area contributed by atoms with Crippen LogP contribution in [-0.4, -0.2) is 12.1 Å². The fourth-order valence-corrected chi connectivity index (χ4v) is 3.76. The number of methoxy groups -OCH3 is 1. The van der Waals surface area contributed by atoms with Crippen LogP contribution in [0.1, 0.15) is 17.7 Å². The van der Waals surface area contributed by atoms with Gasteiger partial charge in [0.2, 0.25) is 0 Å². The second-order valence-corrected chi connectivity index (χ2v) is 7.20. The summed E-state index contributed by atoms with van der Waals surface area (Å²) in [4.78, 5) is 4.59. The summed E-state index contributed by atoms with van der Waals surface area (Å²) in [7, 11) is 1.69. The third kappa shape index (κ3) is 3.11. The van der Waals surface area contributed by atoms with Crippen LogP contribution in [0.4, 0.5) is 0 Å². The van der Waals surface area contributed by atoms with Crippen molar-refractivity contribution in [3.63, 3.8) is 0 Å². The minimum Gasteiger partial charge on any atom is -0.497 e. The van der Waals surface area contributed by atoms with Crippen molar-refractivity contribution in [2.45, 2.75) is 17.1 Å². The number of ether oxygens (including phenoxy) is 1. The van der Waals surface area contributed by atoms with E-state index < -0.39 is 0 Å². The summed E-state index contributed by atoms with van der Waals surface area (Å²) in [5.74, 6) is 0.892. The Bertz CT molecular complexity index is 751. The highest BCUT2D eigenvalue weighted by molar-refractivity contribution is 9.10. The van der Waals surface area contributed by atoms with E-state index in [-0.39, 0.29) is 0 Å². The number of hydrogen-bond donors (Lipinski definition) is 1. The lowest BCUT2D eigenvalue weighted by molar-refractivity contribution is 0.414. The molecule has 1 N–H and O–H groups in total. The SMILES string of the molecule is COc1ccc(SC(C)c2c[nH]c3ccc(Br)cc23)cc1. The van der Waals surface area contributed by atoms with E-state index in [1.54, 1.807) is 7.11 Å². The van der Waals surface area contributed by atoms with E-state index in [1.165, 1.54) is 21.4 Å². The topological polar surface area (TPSA) is 25.0 Å². The first kappa shape index (κ1) is 14.5. The van der Waals surface area contributed by atoms with E-state index in [0.717, 1.165) is 10.2 Å². The van der Waals surface area contributed by atoms with Crippen molar-refractivity contribution >= 4 is 38.6 Å². The van der Waals surface area contributed by atoms with Crippen molar-refractivity contribution in [3.8, 4) is 5.75 Å². The molecule has 0 radical (unpaired) electrons. The summed E-state index contributed by atoms with van der Waals surface area (Å²) in [6.07, 6.45) is 2.11. The van der Waals surface area contributed by atoms with Crippen molar-refractivity contribution in [1.29, 1.82) is 0 Å². The first-order valence-corrected chi connectivity index (χ1v) is 8.42. The molecular formula is C17H16BrNOS. The number of rotatable bonds is 4. The normalized spacial score (nSPS) is 12.5. The molecule has 0 aliphatic carbocycles. The van der Waals surface area contributed by atoms with E-state index in [4.69, 9.17) is 4.74 Å². The highest BCUT2D eigenvalue weighted by atomic mass is 79.9. The number of hydrogen-bond acceptors (Lipinski definition) is 2. The van der Waals surface area contributed by atoms with Crippen LogP contribution in [0, 0.1) is 0 Å². The third-order valence-corrected chi connectivity index (χ3v) is 5.13. The van der Waals surface area contributed by atoms with Gasteiger partial charge in [0.25, 0.3) is 0 Å². The predicted molar refractivity (Wildman–Crippen MR) is 93.3 cm³/mol. The summed E-state index contributed by atoms with van der Waals surface area (Å²) in [6.45, 7) is 2.23. The number of nitrogens with one attached hydrogen (secondary N) is 1. The Hall–Kier alpha value is -1.39. The van der Waals surface area contributed by atoms with Crippen LogP contribution in [0.25, 0.3) is 10.9 Å². The third-order valence-electron chi connectivity index (χ3n) is 3.49. The van der Waals surface area contributed by atoms with Crippen molar-refractivity contribution in [3.05, 3.63) is 58.7 Å². The molecule has 3 aromatic rings. The van der Waals surface area contributed by atoms with E-state index in [1.807, 2.05) is 23.9 Å². The Labute approximate surface area is 137 Å². The van der Waals surface area contributed by atoms with Gasteiger partial charge in [0.15, 0.2) is 0 Å². The zero-order valence-electron chi connectivity index (χ0n) is 11.9. The van der Waals surface area contributed by atoms with Crippen LogP contribution in [-0.2, 0) is 0 Å². The van der Waals surface area contributed by atoms with Gasteiger partial charge in [0, 0.05) is 31.7 Å². The predicted octanol–water partition coefficient (Wildman–Crippen LogP) is 5.79. The molecule has 0 aliphatic rings. The molecule has 0 spiro atoms. The molecule has 0 bridgehead atoms. The van der Waals surface area contributed by atoms with Crippen LogP contribution in [0.2, 0.25) is 0 Å². The van der Waals surface area contributed by atoms with Gasteiger partial charge >= 0.3 is 0 Å².